The van der Waals surface area contributed by atoms with Gasteiger partial charge in [-0.3, -0.25) is 5.10 Å². The topological polar surface area (TPSA) is 89.4 Å². The van der Waals surface area contributed by atoms with Crippen LogP contribution in [0.3, 0.4) is 0 Å². The van der Waals surface area contributed by atoms with Gasteiger partial charge in [0.05, 0.1) is 24.9 Å². The van der Waals surface area contributed by atoms with Crippen molar-refractivity contribution < 1.29 is 32.5 Å². The lowest BCUT2D eigenvalue weighted by Crippen LogP contribution is -2.34. The Balaban J connectivity index is 1.93. The number of rotatable bonds is 6. The largest absolute Gasteiger partial charge is 0.479 e. The summed E-state index contributed by atoms with van der Waals surface area (Å²) in [7, 11) is 1.54. The van der Waals surface area contributed by atoms with Gasteiger partial charge in [-0.1, -0.05) is 13.8 Å². The zero-order valence-corrected chi connectivity index (χ0v) is 20.3. The first-order chi connectivity index (χ1) is 17.0. The van der Waals surface area contributed by atoms with Crippen LogP contribution in [0.4, 0.5) is 13.2 Å². The maximum atomic E-state index is 16.2. The summed E-state index contributed by atoms with van der Waals surface area (Å²) < 4.78 is 57.4. The molecule has 3 heterocycles. The highest BCUT2D eigenvalue weighted by Gasteiger charge is 2.46. The molecule has 7 nitrogen and oxygen atoms in total. The minimum Gasteiger partial charge on any atom is -0.479 e. The van der Waals surface area contributed by atoms with Gasteiger partial charge in [0.15, 0.2) is 23.1 Å². The summed E-state index contributed by atoms with van der Waals surface area (Å²) in [5.41, 5.74) is -0.115. The minimum atomic E-state index is -1.45. The summed E-state index contributed by atoms with van der Waals surface area (Å²) in [6.07, 6.45) is 1.59. The molecular weight excluding hydrogens is 475 g/mol. The van der Waals surface area contributed by atoms with Crippen LogP contribution in [0.5, 0.6) is 0 Å². The molecule has 36 heavy (non-hydrogen) atoms. The highest BCUT2D eigenvalue weighted by Crippen LogP contribution is 2.48. The Morgan fingerprint density at radius 2 is 2.06 bits per heavy atom. The third kappa shape index (κ3) is 3.58. The number of carbonyl (C=O) groups is 1. The molecule has 0 radical (unpaired) electrons. The number of aliphatic carboxylic acids is 1. The first-order valence-corrected chi connectivity index (χ1v) is 11.5. The molecule has 2 aromatic heterocycles. The number of aromatic amines is 1. The fraction of sp³-hybridized carbons (Fsp3) is 0.385. The summed E-state index contributed by atoms with van der Waals surface area (Å²) in [4.78, 5) is 11.9. The van der Waals surface area contributed by atoms with Crippen LogP contribution in [-0.4, -0.2) is 51.8 Å². The molecule has 10 heteroatoms. The zero-order valence-electron chi connectivity index (χ0n) is 20.3. The summed E-state index contributed by atoms with van der Waals surface area (Å²) in [6, 6.07) is 5.25. The maximum Gasteiger partial charge on any atom is 0.335 e. The highest BCUT2D eigenvalue weighted by atomic mass is 19.2. The zero-order chi connectivity index (χ0) is 26.0. The van der Waals surface area contributed by atoms with Crippen molar-refractivity contribution in [3.8, 4) is 5.69 Å². The van der Waals surface area contributed by atoms with Crippen molar-refractivity contribution in [3.63, 3.8) is 0 Å². The van der Waals surface area contributed by atoms with E-state index in [0.29, 0.717) is 27.8 Å². The van der Waals surface area contributed by atoms with Crippen LogP contribution in [0.2, 0.25) is 0 Å². The van der Waals surface area contributed by atoms with E-state index in [0.717, 1.165) is 12.1 Å². The van der Waals surface area contributed by atoms with Gasteiger partial charge in [0.2, 0.25) is 0 Å². The van der Waals surface area contributed by atoms with Crippen LogP contribution in [-0.2, 0) is 19.7 Å². The van der Waals surface area contributed by atoms with Gasteiger partial charge < -0.3 is 19.1 Å². The van der Waals surface area contributed by atoms with E-state index < -0.39 is 40.4 Å². The van der Waals surface area contributed by atoms with Crippen molar-refractivity contribution in [2.75, 3.05) is 20.3 Å². The molecule has 1 aliphatic heterocycles. The average molecular weight is 502 g/mol. The lowest BCUT2D eigenvalue weighted by atomic mass is 9.80. The van der Waals surface area contributed by atoms with Gasteiger partial charge in [-0.2, -0.15) is 5.10 Å². The standard InChI is InChI=1S/C26H26F3N3O4/c1-25(2,12-35-4)23-19(14-9-26(3,24(33)34)36-11-14)20-18(7-13-10-30-31-22(13)21(20)29)32(23)15-5-6-16(27)17(28)8-15/h5-8,10,14H,9,11-12H2,1-4H3,(H,30,31)(H,33,34)/t14-,26+/m0/s1. The highest BCUT2D eigenvalue weighted by molar-refractivity contribution is 6.00. The van der Waals surface area contributed by atoms with Crippen LogP contribution < -0.4 is 0 Å². The number of hydrogen-bond donors (Lipinski definition) is 2. The summed E-state index contributed by atoms with van der Waals surface area (Å²) in [5.74, 6) is -4.20. The smallest absolute Gasteiger partial charge is 0.335 e. The molecule has 0 bridgehead atoms. The van der Waals surface area contributed by atoms with E-state index in [2.05, 4.69) is 10.2 Å². The van der Waals surface area contributed by atoms with Gasteiger partial charge >= 0.3 is 5.97 Å². The van der Waals surface area contributed by atoms with Crippen LogP contribution in [0.1, 0.15) is 44.4 Å². The van der Waals surface area contributed by atoms with E-state index >= 15 is 4.39 Å². The second kappa shape index (κ2) is 8.35. The Labute approximate surface area is 204 Å². The van der Waals surface area contributed by atoms with Crippen molar-refractivity contribution in [2.45, 2.75) is 44.1 Å². The molecule has 4 aromatic rings. The van der Waals surface area contributed by atoms with Crippen molar-refractivity contribution in [1.29, 1.82) is 0 Å². The van der Waals surface area contributed by atoms with Gasteiger partial charge in [-0.15, -0.1) is 0 Å². The fourth-order valence-electron chi connectivity index (χ4n) is 5.42. The second-order valence-corrected chi connectivity index (χ2v) is 10.2. The average Bonchev–Trinajstić information content (AvgIpc) is 3.52. The van der Waals surface area contributed by atoms with Crippen LogP contribution in [0.25, 0.3) is 27.5 Å². The lowest BCUT2D eigenvalue weighted by Gasteiger charge is -2.29. The van der Waals surface area contributed by atoms with Crippen molar-refractivity contribution in [1.82, 2.24) is 14.8 Å². The Morgan fingerprint density at radius 1 is 1.31 bits per heavy atom. The third-order valence-electron chi connectivity index (χ3n) is 7.05. The molecule has 2 N–H and O–H groups in total. The molecule has 5 rings (SSSR count). The number of carboxylic acid groups (broad SMARTS) is 1. The van der Waals surface area contributed by atoms with E-state index in [4.69, 9.17) is 9.47 Å². The molecule has 1 aliphatic rings. The summed E-state index contributed by atoms with van der Waals surface area (Å²) in [6.45, 7) is 5.58. The van der Waals surface area contributed by atoms with Gasteiger partial charge in [0.25, 0.3) is 0 Å². The van der Waals surface area contributed by atoms with Crippen molar-refractivity contribution >= 4 is 27.8 Å². The Kier molecular flexibility index (Phi) is 5.64. The predicted octanol–water partition coefficient (Wildman–Crippen LogP) is 5.20. The molecule has 0 saturated carbocycles. The number of methoxy groups -OCH3 is 1. The maximum absolute atomic E-state index is 16.2. The van der Waals surface area contributed by atoms with Crippen LogP contribution in [0.15, 0.2) is 30.5 Å². The molecule has 0 unspecified atom stereocenters. The predicted molar refractivity (Wildman–Crippen MR) is 127 cm³/mol. The van der Waals surface area contributed by atoms with Gasteiger partial charge in [-0.05, 0) is 37.1 Å². The first-order valence-electron chi connectivity index (χ1n) is 11.5. The Bertz CT molecular complexity index is 1510. The molecule has 0 amide bonds. The third-order valence-corrected chi connectivity index (χ3v) is 7.05. The Hall–Kier alpha value is -3.37. The van der Waals surface area contributed by atoms with E-state index in [9.17, 15) is 18.7 Å². The van der Waals surface area contributed by atoms with E-state index in [1.54, 1.807) is 17.7 Å². The molecule has 2 aromatic carbocycles. The van der Waals surface area contributed by atoms with E-state index in [-0.39, 0.29) is 30.5 Å². The quantitative estimate of drug-likeness (QED) is 0.379. The number of nitrogens with one attached hydrogen (secondary N) is 1. The van der Waals surface area contributed by atoms with Crippen LogP contribution >= 0.6 is 0 Å². The molecule has 1 saturated heterocycles. The minimum absolute atomic E-state index is 0.0518. The second-order valence-electron chi connectivity index (χ2n) is 10.2. The number of carboxylic acids is 1. The molecular formula is C26H26F3N3O4. The SMILES string of the molecule is COCC(C)(C)c1c([C@@H]2CO[C@@](C)(C(=O)O)C2)c2c(F)c3[nH]ncc3cc2n1-c1ccc(F)c(F)c1. The molecule has 1 fully saturated rings. The van der Waals surface area contributed by atoms with E-state index in [1.807, 2.05) is 13.8 Å². The number of halogens is 3. The summed E-state index contributed by atoms with van der Waals surface area (Å²) >= 11 is 0. The lowest BCUT2D eigenvalue weighted by molar-refractivity contribution is -0.157. The van der Waals surface area contributed by atoms with Gasteiger partial charge in [-0.25, -0.2) is 18.0 Å². The normalized spacial score (nSPS) is 20.6. The fourth-order valence-corrected chi connectivity index (χ4v) is 5.42. The van der Waals surface area contributed by atoms with Crippen molar-refractivity contribution in [2.24, 2.45) is 0 Å². The number of H-pyrrole nitrogens is 1. The number of hydrogen-bond acceptors (Lipinski definition) is 4. The molecule has 0 spiro atoms. The molecule has 0 aliphatic carbocycles. The van der Waals surface area contributed by atoms with Crippen molar-refractivity contribution in [3.05, 3.63) is 59.2 Å². The first kappa shape index (κ1) is 24.3. The monoisotopic (exact) mass is 501 g/mol. The number of benzene rings is 2. The summed E-state index contributed by atoms with van der Waals surface area (Å²) in [5, 5.41) is 17.2. The molecule has 2 atom stereocenters. The van der Waals surface area contributed by atoms with E-state index in [1.165, 1.54) is 19.2 Å². The number of fused-ring (bicyclic) bond motifs is 2. The van der Waals surface area contributed by atoms with Gasteiger partial charge in [0.1, 0.15) is 5.52 Å². The van der Waals surface area contributed by atoms with Gasteiger partial charge in [0, 0.05) is 46.7 Å². The Morgan fingerprint density at radius 3 is 2.69 bits per heavy atom. The molecule has 190 valence electrons. The number of ether oxygens (including phenoxy) is 2. The number of aromatic nitrogens is 3. The van der Waals surface area contributed by atoms with Crippen LogP contribution in [0, 0.1) is 17.5 Å². The number of nitrogens with zero attached hydrogens (tertiary/aromatic N) is 2.